The van der Waals surface area contributed by atoms with Gasteiger partial charge < -0.3 is 10.1 Å². The van der Waals surface area contributed by atoms with E-state index in [1.807, 2.05) is 19.1 Å². The van der Waals surface area contributed by atoms with E-state index in [9.17, 15) is 4.79 Å². The number of carbonyl (C=O) groups is 1. The molecule has 0 amide bonds. The van der Waals surface area contributed by atoms with E-state index in [1.165, 1.54) is 0 Å². The lowest BCUT2D eigenvalue weighted by atomic mass is 10.1. The number of esters is 1. The normalized spacial score (nSPS) is 10.5. The molecule has 0 radical (unpaired) electrons. The van der Waals surface area contributed by atoms with Crippen LogP contribution >= 0.6 is 15.9 Å². The lowest BCUT2D eigenvalue weighted by Crippen LogP contribution is -2.09. The van der Waals surface area contributed by atoms with Gasteiger partial charge in [0.15, 0.2) is 0 Å². The molecule has 1 aromatic carbocycles. The van der Waals surface area contributed by atoms with Gasteiger partial charge in [-0.05, 0) is 47.5 Å². The Labute approximate surface area is 120 Å². The molecular formula is C14H15BrN2O2. The average Bonchev–Trinajstić information content (AvgIpc) is 2.37. The average molecular weight is 323 g/mol. The van der Waals surface area contributed by atoms with Crippen LogP contribution in [0.5, 0.6) is 0 Å². The minimum Gasteiger partial charge on any atom is -0.462 e. The van der Waals surface area contributed by atoms with Crippen LogP contribution < -0.4 is 5.32 Å². The second-order valence-corrected chi connectivity index (χ2v) is 5.01. The van der Waals surface area contributed by atoms with Gasteiger partial charge in [-0.3, -0.25) is 4.98 Å². The highest BCUT2D eigenvalue weighted by Gasteiger charge is 2.16. The first-order chi connectivity index (χ1) is 9.08. The molecule has 0 aliphatic heterocycles. The van der Waals surface area contributed by atoms with Crippen LogP contribution in [0.15, 0.2) is 22.8 Å². The largest absolute Gasteiger partial charge is 0.462 e. The molecule has 0 bridgehead atoms. The van der Waals surface area contributed by atoms with E-state index in [2.05, 4.69) is 26.2 Å². The topological polar surface area (TPSA) is 51.2 Å². The molecule has 0 saturated heterocycles. The summed E-state index contributed by atoms with van der Waals surface area (Å²) in [6.07, 6.45) is 1.55. The van der Waals surface area contributed by atoms with Gasteiger partial charge in [-0.15, -0.1) is 0 Å². The fraction of sp³-hybridized carbons (Fsp3) is 0.286. The zero-order chi connectivity index (χ0) is 14.0. The quantitative estimate of drug-likeness (QED) is 0.878. The zero-order valence-electron chi connectivity index (χ0n) is 11.1. The number of aryl methyl sites for hydroxylation is 1. The highest BCUT2D eigenvalue weighted by Crippen LogP contribution is 2.31. The van der Waals surface area contributed by atoms with Crippen LogP contribution in [0, 0.1) is 6.92 Å². The summed E-state index contributed by atoms with van der Waals surface area (Å²) in [6.45, 7) is 4.13. The van der Waals surface area contributed by atoms with Crippen LogP contribution in [0.25, 0.3) is 10.9 Å². The maximum Gasteiger partial charge on any atom is 0.341 e. The van der Waals surface area contributed by atoms with E-state index in [-0.39, 0.29) is 5.97 Å². The van der Waals surface area contributed by atoms with E-state index in [0.717, 1.165) is 26.6 Å². The number of hydrogen-bond donors (Lipinski definition) is 1. The number of anilines is 1. The first-order valence-electron chi connectivity index (χ1n) is 6.02. The molecule has 0 aliphatic rings. The van der Waals surface area contributed by atoms with Crippen LogP contribution in [-0.4, -0.2) is 24.6 Å². The number of nitrogens with zero attached hydrogens (tertiary/aromatic N) is 1. The summed E-state index contributed by atoms with van der Waals surface area (Å²) in [5.41, 5.74) is 3.11. The molecule has 2 aromatic rings. The monoisotopic (exact) mass is 322 g/mol. The van der Waals surface area contributed by atoms with E-state index in [4.69, 9.17) is 4.74 Å². The van der Waals surface area contributed by atoms with Gasteiger partial charge in [0.1, 0.15) is 5.56 Å². The maximum absolute atomic E-state index is 11.9. The van der Waals surface area contributed by atoms with Crippen LogP contribution in [0.3, 0.4) is 0 Å². The van der Waals surface area contributed by atoms with Crippen molar-refractivity contribution in [1.82, 2.24) is 4.98 Å². The Morgan fingerprint density at radius 1 is 1.47 bits per heavy atom. The molecule has 1 heterocycles. The number of halogens is 1. The number of aromatic nitrogens is 1. The van der Waals surface area contributed by atoms with E-state index in [1.54, 1.807) is 20.2 Å². The minimum absolute atomic E-state index is 0.345. The molecule has 1 aromatic heterocycles. The molecule has 0 aliphatic carbocycles. The fourth-order valence-corrected chi connectivity index (χ4v) is 2.71. The van der Waals surface area contributed by atoms with Crippen molar-refractivity contribution >= 4 is 38.5 Å². The van der Waals surface area contributed by atoms with Crippen LogP contribution in [0.4, 0.5) is 5.69 Å². The van der Waals surface area contributed by atoms with Crippen molar-refractivity contribution in [3.63, 3.8) is 0 Å². The minimum atomic E-state index is -0.362. The highest BCUT2D eigenvalue weighted by atomic mass is 79.9. The van der Waals surface area contributed by atoms with Crippen molar-refractivity contribution in [2.45, 2.75) is 13.8 Å². The smallest absolute Gasteiger partial charge is 0.341 e. The Kier molecular flexibility index (Phi) is 4.04. The van der Waals surface area contributed by atoms with Crippen molar-refractivity contribution in [3.8, 4) is 0 Å². The molecule has 0 saturated carbocycles. The Hall–Kier alpha value is -1.62. The molecule has 4 nitrogen and oxygen atoms in total. The number of nitrogens with one attached hydrogen (secondary N) is 1. The van der Waals surface area contributed by atoms with Gasteiger partial charge in [-0.2, -0.15) is 0 Å². The van der Waals surface area contributed by atoms with Crippen molar-refractivity contribution in [2.24, 2.45) is 0 Å². The molecule has 2 rings (SSSR count). The van der Waals surface area contributed by atoms with Crippen LogP contribution in [0.2, 0.25) is 0 Å². The van der Waals surface area contributed by atoms with Gasteiger partial charge in [0.2, 0.25) is 0 Å². The summed E-state index contributed by atoms with van der Waals surface area (Å²) in [6, 6.07) is 4.00. The first-order valence-corrected chi connectivity index (χ1v) is 6.81. The second kappa shape index (κ2) is 5.57. The van der Waals surface area contributed by atoms with Crippen molar-refractivity contribution < 1.29 is 9.53 Å². The third-order valence-electron chi connectivity index (χ3n) is 2.81. The van der Waals surface area contributed by atoms with E-state index in [0.29, 0.717) is 12.2 Å². The highest BCUT2D eigenvalue weighted by molar-refractivity contribution is 9.10. The summed E-state index contributed by atoms with van der Waals surface area (Å²) >= 11 is 3.50. The first kappa shape index (κ1) is 13.8. The number of rotatable bonds is 3. The Bertz CT molecular complexity index is 641. The summed E-state index contributed by atoms with van der Waals surface area (Å²) in [5.74, 6) is -0.362. The molecular weight excluding hydrogens is 308 g/mol. The van der Waals surface area contributed by atoms with E-state index >= 15 is 0 Å². The number of carbonyl (C=O) groups excluding carboxylic acids is 1. The summed E-state index contributed by atoms with van der Waals surface area (Å²) in [7, 11) is 1.79. The van der Waals surface area contributed by atoms with Gasteiger partial charge in [-0.25, -0.2) is 4.79 Å². The van der Waals surface area contributed by atoms with Gasteiger partial charge in [0.25, 0.3) is 0 Å². The molecule has 0 fully saturated rings. The third-order valence-corrected chi connectivity index (χ3v) is 3.42. The third kappa shape index (κ3) is 2.56. The molecule has 0 atom stereocenters. The number of fused-ring (bicyclic) bond motifs is 1. The summed E-state index contributed by atoms with van der Waals surface area (Å²) in [5, 5.41) is 3.97. The standard InChI is InChI=1S/C14H15BrN2O2/c1-4-19-14(18)10-7-17-13-9(12(10)16-3)5-8(2)6-11(13)15/h5-7H,4H2,1-3H3,(H,16,17). The van der Waals surface area contributed by atoms with Crippen molar-refractivity contribution in [2.75, 3.05) is 19.0 Å². The molecule has 0 unspecified atom stereocenters. The molecule has 100 valence electrons. The van der Waals surface area contributed by atoms with Gasteiger partial charge in [0, 0.05) is 23.1 Å². The van der Waals surface area contributed by atoms with Gasteiger partial charge in [0.05, 0.1) is 17.8 Å². The zero-order valence-corrected chi connectivity index (χ0v) is 12.7. The lowest BCUT2D eigenvalue weighted by Gasteiger charge is -2.12. The Morgan fingerprint density at radius 3 is 2.84 bits per heavy atom. The molecule has 1 N–H and O–H groups in total. The van der Waals surface area contributed by atoms with Crippen molar-refractivity contribution in [1.29, 1.82) is 0 Å². The van der Waals surface area contributed by atoms with Crippen LogP contribution in [0.1, 0.15) is 22.8 Å². The lowest BCUT2D eigenvalue weighted by molar-refractivity contribution is 0.0527. The predicted octanol–water partition coefficient (Wildman–Crippen LogP) is 3.52. The molecule has 19 heavy (non-hydrogen) atoms. The number of benzene rings is 1. The second-order valence-electron chi connectivity index (χ2n) is 4.16. The number of ether oxygens (including phenoxy) is 1. The van der Waals surface area contributed by atoms with Crippen LogP contribution in [-0.2, 0) is 4.74 Å². The number of pyridine rings is 1. The van der Waals surface area contributed by atoms with Gasteiger partial charge in [-0.1, -0.05) is 0 Å². The Morgan fingerprint density at radius 2 is 2.21 bits per heavy atom. The number of hydrogen-bond acceptors (Lipinski definition) is 4. The van der Waals surface area contributed by atoms with Gasteiger partial charge >= 0.3 is 5.97 Å². The molecule has 5 heteroatoms. The fourth-order valence-electron chi connectivity index (χ4n) is 2.03. The molecule has 0 spiro atoms. The SMILES string of the molecule is CCOC(=O)c1cnc2c(Br)cc(C)cc2c1NC. The van der Waals surface area contributed by atoms with Crippen molar-refractivity contribution in [3.05, 3.63) is 33.9 Å². The van der Waals surface area contributed by atoms with E-state index < -0.39 is 0 Å². The Balaban J connectivity index is 2.72. The maximum atomic E-state index is 11.9. The summed E-state index contributed by atoms with van der Waals surface area (Å²) in [4.78, 5) is 16.3. The summed E-state index contributed by atoms with van der Waals surface area (Å²) < 4.78 is 5.96. The predicted molar refractivity (Wildman–Crippen MR) is 79.7 cm³/mol.